The van der Waals surface area contributed by atoms with Gasteiger partial charge in [-0.05, 0) is 31.6 Å². The Morgan fingerprint density at radius 1 is 1.42 bits per heavy atom. The number of nitrogens with zero attached hydrogens (tertiary/aromatic N) is 1. The number of carbonyl (C=O) groups is 1. The number of carboxylic acid groups (broad SMARTS) is 1. The van der Waals surface area contributed by atoms with Gasteiger partial charge in [-0.3, -0.25) is 4.79 Å². The summed E-state index contributed by atoms with van der Waals surface area (Å²) < 4.78 is 26.0. The Morgan fingerprint density at radius 2 is 2.05 bits per heavy atom. The summed E-state index contributed by atoms with van der Waals surface area (Å²) in [6.07, 6.45) is 2.69. The molecule has 1 fully saturated rings. The zero-order valence-electron chi connectivity index (χ0n) is 12.1. The van der Waals surface area contributed by atoms with E-state index < -0.39 is 21.5 Å². The Morgan fingerprint density at radius 3 is 2.53 bits per heavy atom. The molecule has 0 saturated carbocycles. The maximum atomic E-state index is 12.4. The van der Waals surface area contributed by atoms with Crippen molar-refractivity contribution in [2.75, 3.05) is 12.3 Å². The summed E-state index contributed by atoms with van der Waals surface area (Å²) in [5.41, 5.74) is -1.20. The van der Waals surface area contributed by atoms with Gasteiger partial charge in [-0.2, -0.15) is 4.31 Å². The van der Waals surface area contributed by atoms with Crippen LogP contribution in [0.15, 0.2) is 0 Å². The minimum absolute atomic E-state index is 0.0451. The van der Waals surface area contributed by atoms with E-state index in [0.29, 0.717) is 44.6 Å². The summed E-state index contributed by atoms with van der Waals surface area (Å²) in [6.45, 7) is 6.17. The minimum atomic E-state index is -3.48. The lowest BCUT2D eigenvalue weighted by Gasteiger charge is -2.33. The van der Waals surface area contributed by atoms with Gasteiger partial charge < -0.3 is 5.11 Å². The average molecular weight is 291 g/mol. The lowest BCUT2D eigenvalue weighted by atomic mass is 9.92. The van der Waals surface area contributed by atoms with Crippen molar-refractivity contribution in [1.82, 2.24) is 4.31 Å². The second-order valence-electron chi connectivity index (χ2n) is 5.76. The Bertz CT molecular complexity index is 418. The van der Waals surface area contributed by atoms with Crippen molar-refractivity contribution in [2.24, 2.45) is 5.92 Å². The maximum Gasteiger partial charge on any atom is 0.325 e. The largest absolute Gasteiger partial charge is 0.480 e. The third kappa shape index (κ3) is 3.48. The highest BCUT2D eigenvalue weighted by Crippen LogP contribution is 2.36. The molecule has 0 aromatic carbocycles. The van der Waals surface area contributed by atoms with Gasteiger partial charge in [0.05, 0.1) is 5.75 Å². The number of aliphatic carboxylic acids is 1. The Balaban J connectivity index is 2.99. The van der Waals surface area contributed by atoms with Crippen LogP contribution in [-0.4, -0.2) is 41.6 Å². The van der Waals surface area contributed by atoms with Crippen LogP contribution < -0.4 is 0 Å². The van der Waals surface area contributed by atoms with E-state index in [4.69, 9.17) is 0 Å². The molecule has 0 aliphatic carbocycles. The van der Waals surface area contributed by atoms with Crippen LogP contribution in [0.2, 0.25) is 0 Å². The normalized spacial score (nSPS) is 25.1. The van der Waals surface area contributed by atoms with Gasteiger partial charge in [-0.15, -0.1) is 0 Å². The summed E-state index contributed by atoms with van der Waals surface area (Å²) in [5, 5.41) is 9.50. The fourth-order valence-corrected chi connectivity index (χ4v) is 4.93. The van der Waals surface area contributed by atoms with E-state index in [1.165, 1.54) is 4.31 Å². The standard InChI is InChI=1S/C13H25NO4S/c1-4-7-13(12(15)16)8-5-9-14(13)19(17,18)10-6-11(2)3/h11H,4-10H2,1-3H3,(H,15,16). The molecule has 1 unspecified atom stereocenters. The molecular weight excluding hydrogens is 266 g/mol. The van der Waals surface area contributed by atoms with Gasteiger partial charge in [-0.1, -0.05) is 27.2 Å². The van der Waals surface area contributed by atoms with E-state index in [1.807, 2.05) is 20.8 Å². The zero-order chi connectivity index (χ0) is 14.7. The van der Waals surface area contributed by atoms with Crippen LogP contribution in [0.1, 0.15) is 52.9 Å². The highest BCUT2D eigenvalue weighted by Gasteiger charge is 2.51. The first-order valence-electron chi connectivity index (χ1n) is 7.00. The lowest BCUT2D eigenvalue weighted by Crippen LogP contribution is -2.53. The molecule has 6 heteroatoms. The van der Waals surface area contributed by atoms with Crippen LogP contribution in [0.5, 0.6) is 0 Å². The maximum absolute atomic E-state index is 12.4. The van der Waals surface area contributed by atoms with Crippen molar-refractivity contribution in [3.8, 4) is 0 Å². The third-order valence-electron chi connectivity index (χ3n) is 3.78. The fraction of sp³-hybridized carbons (Fsp3) is 0.923. The van der Waals surface area contributed by atoms with Crippen LogP contribution >= 0.6 is 0 Å². The van der Waals surface area contributed by atoms with Crippen molar-refractivity contribution in [3.05, 3.63) is 0 Å². The molecule has 1 atom stereocenters. The molecule has 0 spiro atoms. The molecule has 5 nitrogen and oxygen atoms in total. The Labute approximate surface area is 116 Å². The quantitative estimate of drug-likeness (QED) is 0.779. The lowest BCUT2D eigenvalue weighted by molar-refractivity contribution is -0.147. The van der Waals surface area contributed by atoms with Crippen LogP contribution in [0.4, 0.5) is 0 Å². The topological polar surface area (TPSA) is 74.7 Å². The number of hydrogen-bond donors (Lipinski definition) is 1. The highest BCUT2D eigenvalue weighted by molar-refractivity contribution is 7.89. The van der Waals surface area contributed by atoms with E-state index in [0.717, 1.165) is 0 Å². The molecule has 19 heavy (non-hydrogen) atoms. The molecule has 0 radical (unpaired) electrons. The second kappa shape index (κ2) is 6.22. The van der Waals surface area contributed by atoms with Gasteiger partial charge in [0.15, 0.2) is 0 Å². The van der Waals surface area contributed by atoms with Crippen LogP contribution in [0.25, 0.3) is 0 Å². The second-order valence-corrected chi connectivity index (χ2v) is 7.77. The minimum Gasteiger partial charge on any atom is -0.480 e. The smallest absolute Gasteiger partial charge is 0.325 e. The van der Waals surface area contributed by atoms with E-state index in [-0.39, 0.29) is 5.75 Å². The first-order chi connectivity index (χ1) is 8.76. The summed E-state index contributed by atoms with van der Waals surface area (Å²) in [6, 6.07) is 0. The molecule has 0 amide bonds. The predicted octanol–water partition coefficient (Wildman–Crippen LogP) is 2.08. The molecule has 1 rings (SSSR count). The first kappa shape index (κ1) is 16.4. The van der Waals surface area contributed by atoms with Gasteiger partial charge >= 0.3 is 5.97 Å². The molecule has 1 aliphatic rings. The van der Waals surface area contributed by atoms with Gasteiger partial charge in [0.2, 0.25) is 10.0 Å². The summed E-state index contributed by atoms with van der Waals surface area (Å²) >= 11 is 0. The van der Waals surface area contributed by atoms with Gasteiger partial charge in [0, 0.05) is 6.54 Å². The molecule has 1 N–H and O–H groups in total. The average Bonchev–Trinajstić information content (AvgIpc) is 2.73. The van der Waals surface area contributed by atoms with Crippen molar-refractivity contribution in [3.63, 3.8) is 0 Å². The molecule has 1 saturated heterocycles. The Kier molecular flexibility index (Phi) is 5.38. The number of rotatable bonds is 7. The molecule has 112 valence electrons. The Hall–Kier alpha value is -0.620. The summed E-state index contributed by atoms with van der Waals surface area (Å²) in [5.74, 6) is -0.661. The number of hydrogen-bond acceptors (Lipinski definition) is 3. The van der Waals surface area contributed by atoms with E-state index in [1.54, 1.807) is 0 Å². The monoisotopic (exact) mass is 291 g/mol. The van der Waals surface area contributed by atoms with Crippen LogP contribution in [0.3, 0.4) is 0 Å². The van der Waals surface area contributed by atoms with Crippen molar-refractivity contribution < 1.29 is 18.3 Å². The molecule has 1 aliphatic heterocycles. The SMILES string of the molecule is CCCC1(C(=O)O)CCCN1S(=O)(=O)CCC(C)C. The van der Waals surface area contributed by atoms with Crippen LogP contribution in [0, 0.1) is 5.92 Å². The predicted molar refractivity (Wildman–Crippen MR) is 74.5 cm³/mol. The fourth-order valence-electron chi connectivity index (χ4n) is 2.74. The van der Waals surface area contributed by atoms with E-state index in [9.17, 15) is 18.3 Å². The molecule has 1 heterocycles. The third-order valence-corrected chi connectivity index (χ3v) is 5.73. The van der Waals surface area contributed by atoms with Gasteiger partial charge in [0.1, 0.15) is 5.54 Å². The van der Waals surface area contributed by atoms with Crippen molar-refractivity contribution in [1.29, 1.82) is 0 Å². The summed E-state index contributed by atoms with van der Waals surface area (Å²) in [7, 11) is -3.48. The number of sulfonamides is 1. The summed E-state index contributed by atoms with van der Waals surface area (Å²) in [4.78, 5) is 11.6. The molecule has 0 aromatic rings. The van der Waals surface area contributed by atoms with Crippen molar-refractivity contribution >= 4 is 16.0 Å². The van der Waals surface area contributed by atoms with Gasteiger partial charge in [0.25, 0.3) is 0 Å². The molecule has 0 bridgehead atoms. The van der Waals surface area contributed by atoms with Crippen LogP contribution in [-0.2, 0) is 14.8 Å². The van der Waals surface area contributed by atoms with Gasteiger partial charge in [-0.25, -0.2) is 8.42 Å². The number of carboxylic acids is 1. The van der Waals surface area contributed by atoms with E-state index in [2.05, 4.69) is 0 Å². The molecular formula is C13H25NO4S. The zero-order valence-corrected chi connectivity index (χ0v) is 12.9. The van der Waals surface area contributed by atoms with Crippen molar-refractivity contribution in [2.45, 2.75) is 58.4 Å². The molecule has 0 aromatic heterocycles. The highest BCUT2D eigenvalue weighted by atomic mass is 32.2. The van der Waals surface area contributed by atoms with E-state index >= 15 is 0 Å². The first-order valence-corrected chi connectivity index (χ1v) is 8.61.